The van der Waals surface area contributed by atoms with Gasteiger partial charge in [0, 0.05) is 50.1 Å². The summed E-state index contributed by atoms with van der Waals surface area (Å²) in [5.74, 6) is 0. The number of nitro groups is 1. The van der Waals surface area contributed by atoms with Crippen molar-refractivity contribution in [2.45, 2.75) is 71.1 Å². The van der Waals surface area contributed by atoms with E-state index < -0.39 is 19.1 Å². The number of hydrogen-bond acceptors (Lipinski definition) is 5. The van der Waals surface area contributed by atoms with Gasteiger partial charge < -0.3 is 9.64 Å². The molecule has 8 nitrogen and oxygen atoms in total. The lowest BCUT2D eigenvalue weighted by molar-refractivity contribution is -0.508. The number of non-ortho nitro benzene ring substituents is 1. The van der Waals surface area contributed by atoms with Crippen molar-refractivity contribution in [1.29, 1.82) is 0 Å². The molecular formula is C36H40N4O4Si. The standard InChI is InChI=1S/C36H40N4O4Si/c1-37(36(41)44-22-23-12-14-26(15-13-23)40(42)43)33-29-20-24-8-4-16-38-18-6-10-27(31(24)38)34(29)45(2,3)35-28-11-7-19-39-17-5-9-25(32(28)39)21-30(33)35/h12-16,20-21H,4-11,17-19,22H2,1-3H3. The molecule has 6 aliphatic rings. The second-order valence-electron chi connectivity index (χ2n) is 13.8. The van der Waals surface area contributed by atoms with Crippen LogP contribution in [0.1, 0.15) is 60.8 Å². The zero-order chi connectivity index (χ0) is 31.0. The van der Waals surface area contributed by atoms with Crippen LogP contribution in [0.2, 0.25) is 13.1 Å². The van der Waals surface area contributed by atoms with Gasteiger partial charge in [0.15, 0.2) is 0 Å². The van der Waals surface area contributed by atoms with Crippen LogP contribution in [0.25, 0.3) is 5.70 Å². The van der Waals surface area contributed by atoms with Gasteiger partial charge in [-0.05, 0) is 85.4 Å². The lowest BCUT2D eigenvalue weighted by Crippen LogP contribution is -2.55. The van der Waals surface area contributed by atoms with Gasteiger partial charge in [-0.25, -0.2) is 4.79 Å². The maximum atomic E-state index is 13.9. The number of nitro benzene ring substituents is 1. The number of fused-ring (bicyclic) bond motifs is 3. The lowest BCUT2D eigenvalue weighted by Gasteiger charge is -2.50. The highest BCUT2D eigenvalue weighted by molar-refractivity contribution is 6.98. The summed E-state index contributed by atoms with van der Waals surface area (Å²) < 4.78 is 8.42. The van der Waals surface area contributed by atoms with Crippen LogP contribution < -0.4 is 10.1 Å². The van der Waals surface area contributed by atoms with Crippen molar-refractivity contribution < 1.29 is 19.0 Å². The molecule has 0 unspecified atom stereocenters. The van der Waals surface area contributed by atoms with Crippen LogP contribution >= 0.6 is 0 Å². The fourth-order valence-electron chi connectivity index (χ4n) is 9.02. The predicted molar refractivity (Wildman–Crippen MR) is 178 cm³/mol. The summed E-state index contributed by atoms with van der Waals surface area (Å²) in [6.45, 7) is 8.50. The molecule has 1 saturated heterocycles. The second-order valence-corrected chi connectivity index (χ2v) is 18.0. The van der Waals surface area contributed by atoms with Gasteiger partial charge in [0.05, 0.1) is 19.2 Å². The van der Waals surface area contributed by atoms with Crippen LogP contribution in [0.5, 0.6) is 0 Å². The Labute approximate surface area is 265 Å². The maximum Gasteiger partial charge on any atom is 0.414 e. The van der Waals surface area contributed by atoms with Gasteiger partial charge in [-0.2, -0.15) is 0 Å². The molecule has 5 heterocycles. The molecule has 2 aromatic carbocycles. The van der Waals surface area contributed by atoms with Gasteiger partial charge in [0.25, 0.3) is 5.69 Å². The van der Waals surface area contributed by atoms with Gasteiger partial charge in [-0.3, -0.25) is 19.6 Å². The average molecular weight is 621 g/mol. The van der Waals surface area contributed by atoms with E-state index in [-0.39, 0.29) is 12.3 Å². The van der Waals surface area contributed by atoms with Gasteiger partial charge in [-0.15, -0.1) is 11.3 Å². The van der Waals surface area contributed by atoms with E-state index in [2.05, 4.69) is 40.9 Å². The lowest BCUT2D eigenvalue weighted by atomic mass is 9.79. The van der Waals surface area contributed by atoms with E-state index in [1.165, 1.54) is 74.1 Å². The first-order valence-electron chi connectivity index (χ1n) is 16.5. The third-order valence-corrected chi connectivity index (χ3v) is 14.4. The van der Waals surface area contributed by atoms with Gasteiger partial charge in [0.1, 0.15) is 19.2 Å². The second kappa shape index (κ2) is 10.5. The van der Waals surface area contributed by atoms with Crippen LogP contribution in [-0.4, -0.2) is 61.5 Å². The normalized spacial score (nSPS) is 20.8. The van der Waals surface area contributed by atoms with Crippen LogP contribution in [-0.2, 0) is 24.2 Å². The molecule has 0 saturated carbocycles. The highest BCUT2D eigenvalue weighted by Crippen LogP contribution is 2.52. The topological polar surface area (TPSA) is 78.9 Å². The predicted octanol–water partition coefficient (Wildman–Crippen LogP) is 6.18. The maximum absolute atomic E-state index is 13.9. The Hall–Kier alpha value is -4.11. The third-order valence-electron chi connectivity index (χ3n) is 10.8. The zero-order valence-corrected chi connectivity index (χ0v) is 27.4. The Bertz CT molecular complexity index is 1780. The monoisotopic (exact) mass is 620 g/mol. The Kier molecular flexibility index (Phi) is 6.60. The number of anilines is 1. The summed E-state index contributed by atoms with van der Waals surface area (Å²) in [5, 5.41) is 14.1. The van der Waals surface area contributed by atoms with Gasteiger partial charge in [-0.1, -0.05) is 35.0 Å². The van der Waals surface area contributed by atoms with Gasteiger partial charge in [0.2, 0.25) is 0 Å². The number of rotatable bonds is 4. The van der Waals surface area contributed by atoms with E-state index in [0.29, 0.717) is 0 Å². The highest BCUT2D eigenvalue weighted by Gasteiger charge is 2.46. The largest absolute Gasteiger partial charge is 0.444 e. The van der Waals surface area contributed by atoms with E-state index in [1.807, 2.05) is 7.05 Å². The summed E-state index contributed by atoms with van der Waals surface area (Å²) in [6.07, 6.45) is 13.2. The summed E-state index contributed by atoms with van der Waals surface area (Å²) in [6, 6.07) is 10.1. The quantitative estimate of drug-likeness (QED) is 0.134. The molecule has 0 atom stereocenters. The van der Waals surface area contributed by atoms with Gasteiger partial charge >= 0.3 is 6.09 Å². The molecule has 8 rings (SSSR count). The molecule has 0 aromatic heterocycles. The molecule has 5 aliphatic heterocycles. The Morgan fingerprint density at radius 3 is 2.67 bits per heavy atom. The number of nitrogens with zero attached hydrogens (tertiary/aromatic N) is 4. The summed E-state index contributed by atoms with van der Waals surface area (Å²) in [4.78, 5) is 29.0. The number of carbonyl (C=O) groups excluding carboxylic acids is 1. The van der Waals surface area contributed by atoms with Crippen LogP contribution in [0.4, 0.5) is 16.2 Å². The van der Waals surface area contributed by atoms with Crippen molar-refractivity contribution in [3.63, 3.8) is 0 Å². The molecule has 2 aromatic rings. The number of aryl methyl sites for hydroxylation is 1. The molecule has 1 aliphatic carbocycles. The fourth-order valence-corrected chi connectivity index (χ4v) is 13.0. The molecule has 0 N–H and O–H groups in total. The Morgan fingerprint density at radius 2 is 1.89 bits per heavy atom. The third kappa shape index (κ3) is 4.34. The van der Waals surface area contributed by atoms with Crippen LogP contribution in [0, 0.1) is 16.2 Å². The molecule has 0 bridgehead atoms. The van der Waals surface area contributed by atoms with Crippen molar-refractivity contribution >= 4 is 42.6 Å². The minimum absolute atomic E-state index is 0.0225. The zero-order valence-electron chi connectivity index (χ0n) is 26.4. The van der Waals surface area contributed by atoms with Crippen molar-refractivity contribution in [2.24, 2.45) is 0 Å². The number of amides is 1. The molecule has 1 fully saturated rings. The number of allylic oxidation sites excluding steroid dienone is 3. The average Bonchev–Trinajstić information content (AvgIpc) is 3.04. The number of hydrogen-bond donors (Lipinski definition) is 0. The SMILES string of the molecule is CN(C(=O)OCc1ccc([N+](=O)[O-])cc1)C1=C2C=C3CCC=[N+]4CCCC(=C2[Si](C)(C)c2c1cc1c5c2CCCN5CCC1)[C-]34. The van der Waals surface area contributed by atoms with Crippen molar-refractivity contribution in [3.8, 4) is 0 Å². The molecule has 9 heteroatoms. The van der Waals surface area contributed by atoms with E-state index in [9.17, 15) is 14.9 Å². The summed E-state index contributed by atoms with van der Waals surface area (Å²) >= 11 is 0. The first kappa shape index (κ1) is 28.4. The van der Waals surface area contributed by atoms with E-state index in [0.717, 1.165) is 75.8 Å². The molecule has 232 valence electrons. The van der Waals surface area contributed by atoms with E-state index in [1.54, 1.807) is 17.0 Å². The first-order valence-corrected chi connectivity index (χ1v) is 19.5. The summed E-state index contributed by atoms with van der Waals surface area (Å²) in [5.41, 5.74) is 11.5. The fraction of sp³-hybridized carbons (Fsp3) is 0.417. The van der Waals surface area contributed by atoms with Crippen LogP contribution in [0.3, 0.4) is 0 Å². The van der Waals surface area contributed by atoms with Crippen molar-refractivity contribution in [1.82, 2.24) is 4.90 Å². The summed E-state index contributed by atoms with van der Waals surface area (Å²) in [7, 11) is -0.339. The molecular weight excluding hydrogens is 581 g/mol. The Balaban J connectivity index is 1.29. The Morgan fingerprint density at radius 1 is 1.11 bits per heavy atom. The van der Waals surface area contributed by atoms with Crippen molar-refractivity contribution in [2.75, 3.05) is 31.6 Å². The highest BCUT2D eigenvalue weighted by atomic mass is 28.3. The van der Waals surface area contributed by atoms with Crippen LogP contribution in [0.15, 0.2) is 58.3 Å². The minimum atomic E-state index is -2.20. The smallest absolute Gasteiger partial charge is 0.414 e. The first-order chi connectivity index (χ1) is 21.7. The molecule has 0 spiro atoms. The number of carbonyl (C=O) groups is 1. The molecule has 1 amide bonds. The minimum Gasteiger partial charge on any atom is -0.444 e. The molecule has 0 radical (unpaired) electrons. The van der Waals surface area contributed by atoms with E-state index in [4.69, 9.17) is 4.74 Å². The number of piperidine rings is 1. The number of ether oxygens (including phenoxy) is 1. The van der Waals surface area contributed by atoms with Crippen molar-refractivity contribution in [3.05, 3.63) is 96.7 Å². The number of benzene rings is 2. The molecule has 45 heavy (non-hydrogen) atoms. The van der Waals surface area contributed by atoms with E-state index >= 15 is 0 Å².